The number of rotatable bonds is 4. The van der Waals surface area contributed by atoms with Gasteiger partial charge in [-0.25, -0.2) is 4.79 Å². The van der Waals surface area contributed by atoms with Crippen molar-refractivity contribution in [3.05, 3.63) is 43.0 Å². The first-order valence-corrected chi connectivity index (χ1v) is 4.25. The minimum absolute atomic E-state index is 0.208. The van der Waals surface area contributed by atoms with Crippen LogP contribution < -0.4 is 11.2 Å². The van der Waals surface area contributed by atoms with Crippen LogP contribution in [0.5, 0.6) is 0 Å². The van der Waals surface area contributed by atoms with Crippen LogP contribution in [0.4, 0.5) is 0 Å². The normalized spacial score (nSPS) is 13.9. The summed E-state index contributed by atoms with van der Waals surface area (Å²) >= 11 is 0. The van der Waals surface area contributed by atoms with E-state index in [1.165, 1.54) is 0 Å². The predicted octanol–water partition coefficient (Wildman–Crippen LogP) is -1.23. The highest BCUT2D eigenvalue weighted by molar-refractivity contribution is 5.09. The highest BCUT2D eigenvalue weighted by atomic mass is 16.3. The quantitative estimate of drug-likeness (QED) is 0.288. The van der Waals surface area contributed by atoms with Gasteiger partial charge in [-0.05, 0) is 5.53 Å². The lowest BCUT2D eigenvalue weighted by Gasteiger charge is -2.14. The third-order valence-corrected chi connectivity index (χ3v) is 1.86. The molecule has 1 rings (SSSR count). The van der Waals surface area contributed by atoms with Gasteiger partial charge in [-0.3, -0.25) is 9.78 Å². The summed E-state index contributed by atoms with van der Waals surface area (Å²) in [4.78, 5) is 28.3. The average molecular weight is 227 g/mol. The third kappa shape index (κ3) is 2.70. The number of aliphatic hydroxyl groups excluding tert-OH is 2. The molecule has 0 saturated carbocycles. The molecule has 86 valence electrons. The third-order valence-electron chi connectivity index (χ3n) is 1.86. The Morgan fingerprint density at radius 3 is 2.75 bits per heavy atom. The number of hydrogen-bond donors (Lipinski definition) is 4. The van der Waals surface area contributed by atoms with Crippen LogP contribution >= 0.6 is 0 Å². The van der Waals surface area contributed by atoms with Crippen LogP contribution in [-0.2, 0) is 0 Å². The number of aromatic nitrogens is 2. The number of nitrogens with one attached hydrogen (secondary N) is 2. The molecule has 2 atom stereocenters. The monoisotopic (exact) mass is 227 g/mol. The molecule has 16 heavy (non-hydrogen) atoms. The molecule has 0 saturated heterocycles. The Morgan fingerprint density at radius 1 is 1.50 bits per heavy atom. The van der Waals surface area contributed by atoms with Gasteiger partial charge in [-0.2, -0.15) is 0 Å². The first-order valence-electron chi connectivity index (χ1n) is 4.25. The van der Waals surface area contributed by atoms with E-state index in [0.717, 1.165) is 6.20 Å². The molecule has 0 fully saturated rings. The molecule has 0 spiro atoms. The summed E-state index contributed by atoms with van der Waals surface area (Å²) < 4.78 is 0. The van der Waals surface area contributed by atoms with Crippen molar-refractivity contribution in [3.63, 3.8) is 0 Å². The van der Waals surface area contributed by atoms with E-state index in [4.69, 9.17) is 5.53 Å². The fourth-order valence-corrected chi connectivity index (χ4v) is 1.07. The van der Waals surface area contributed by atoms with Gasteiger partial charge >= 0.3 is 5.69 Å². The SMILES string of the molecule is [N-]=[N+]=NCC(O)C(O)c1c[nH]c(=O)[nH]c1=O. The summed E-state index contributed by atoms with van der Waals surface area (Å²) in [5, 5.41) is 21.9. The van der Waals surface area contributed by atoms with Crippen molar-refractivity contribution < 1.29 is 10.2 Å². The second-order valence-corrected chi connectivity index (χ2v) is 2.95. The Kier molecular flexibility index (Phi) is 3.84. The molecule has 4 N–H and O–H groups in total. The Morgan fingerprint density at radius 2 is 2.19 bits per heavy atom. The largest absolute Gasteiger partial charge is 0.390 e. The number of H-pyrrole nitrogens is 2. The van der Waals surface area contributed by atoms with E-state index >= 15 is 0 Å². The van der Waals surface area contributed by atoms with Crippen molar-refractivity contribution in [1.82, 2.24) is 9.97 Å². The van der Waals surface area contributed by atoms with E-state index in [-0.39, 0.29) is 12.1 Å². The first-order chi connectivity index (χ1) is 7.56. The summed E-state index contributed by atoms with van der Waals surface area (Å²) in [6, 6.07) is 0. The molecule has 9 nitrogen and oxygen atoms in total. The van der Waals surface area contributed by atoms with Crippen molar-refractivity contribution in [2.75, 3.05) is 6.54 Å². The molecule has 1 aromatic rings. The molecule has 1 aromatic heterocycles. The molecule has 0 aromatic carbocycles. The molecule has 0 radical (unpaired) electrons. The molecular formula is C7H9N5O4. The molecule has 0 amide bonds. The van der Waals surface area contributed by atoms with Gasteiger partial charge in [0, 0.05) is 11.1 Å². The predicted molar refractivity (Wildman–Crippen MR) is 52.7 cm³/mol. The second kappa shape index (κ2) is 5.12. The standard InChI is InChI=1S/C7H9N5O4/c8-12-10-2-4(13)5(14)3-1-9-7(16)11-6(3)15/h1,4-5,13-14H,2H2,(H2,9,11,15,16). The van der Waals surface area contributed by atoms with E-state index in [1.54, 1.807) is 0 Å². The van der Waals surface area contributed by atoms with Gasteiger partial charge in [0.25, 0.3) is 5.56 Å². The van der Waals surface area contributed by atoms with E-state index in [0.29, 0.717) is 0 Å². The number of aromatic amines is 2. The lowest BCUT2D eigenvalue weighted by Crippen LogP contribution is -2.31. The fourth-order valence-electron chi connectivity index (χ4n) is 1.07. The van der Waals surface area contributed by atoms with E-state index in [1.807, 2.05) is 4.98 Å². The van der Waals surface area contributed by atoms with Crippen molar-refractivity contribution in [2.45, 2.75) is 12.2 Å². The van der Waals surface area contributed by atoms with Crippen LogP contribution in [0.1, 0.15) is 11.7 Å². The fraction of sp³-hybridized carbons (Fsp3) is 0.429. The van der Waals surface area contributed by atoms with Crippen LogP contribution in [0.2, 0.25) is 0 Å². The second-order valence-electron chi connectivity index (χ2n) is 2.95. The van der Waals surface area contributed by atoms with Crippen LogP contribution in [0.25, 0.3) is 10.4 Å². The van der Waals surface area contributed by atoms with Crippen LogP contribution in [0, 0.1) is 0 Å². The van der Waals surface area contributed by atoms with Crippen molar-refractivity contribution in [2.24, 2.45) is 5.11 Å². The molecule has 1 heterocycles. The Hall–Kier alpha value is -2.09. The smallest absolute Gasteiger partial charge is 0.325 e. The zero-order valence-electron chi connectivity index (χ0n) is 7.99. The summed E-state index contributed by atoms with van der Waals surface area (Å²) in [6.07, 6.45) is -1.96. The minimum atomic E-state index is -1.54. The van der Waals surface area contributed by atoms with Gasteiger partial charge in [0.2, 0.25) is 0 Å². The van der Waals surface area contributed by atoms with Crippen LogP contribution in [-0.4, -0.2) is 32.8 Å². The Bertz CT molecular complexity index is 514. The maximum Gasteiger partial charge on any atom is 0.325 e. The Balaban J connectivity index is 2.95. The van der Waals surface area contributed by atoms with Crippen LogP contribution in [0.15, 0.2) is 20.9 Å². The average Bonchev–Trinajstić information content (AvgIpc) is 2.25. The maximum absolute atomic E-state index is 11.2. The van der Waals surface area contributed by atoms with Gasteiger partial charge < -0.3 is 15.2 Å². The summed E-state index contributed by atoms with van der Waals surface area (Å²) in [5.41, 5.74) is 6.27. The maximum atomic E-state index is 11.2. The zero-order chi connectivity index (χ0) is 12.1. The minimum Gasteiger partial charge on any atom is -0.390 e. The summed E-state index contributed by atoms with van der Waals surface area (Å²) in [7, 11) is 0. The zero-order valence-corrected chi connectivity index (χ0v) is 7.99. The van der Waals surface area contributed by atoms with E-state index < -0.39 is 23.5 Å². The molecule has 0 aliphatic carbocycles. The van der Waals surface area contributed by atoms with E-state index in [2.05, 4.69) is 15.0 Å². The molecule has 0 aliphatic heterocycles. The summed E-state index contributed by atoms with van der Waals surface area (Å²) in [6.45, 7) is -0.379. The van der Waals surface area contributed by atoms with Gasteiger partial charge in [-0.1, -0.05) is 5.11 Å². The highest BCUT2D eigenvalue weighted by Gasteiger charge is 2.20. The molecule has 9 heteroatoms. The molecule has 2 unspecified atom stereocenters. The first kappa shape index (κ1) is 12.0. The van der Waals surface area contributed by atoms with Crippen molar-refractivity contribution >= 4 is 0 Å². The lowest BCUT2D eigenvalue weighted by molar-refractivity contribution is 0.0233. The van der Waals surface area contributed by atoms with Crippen molar-refractivity contribution in [3.8, 4) is 0 Å². The lowest BCUT2D eigenvalue weighted by atomic mass is 10.1. The van der Waals surface area contributed by atoms with Gasteiger partial charge in [-0.15, -0.1) is 0 Å². The summed E-state index contributed by atoms with van der Waals surface area (Å²) in [5.74, 6) is 0. The van der Waals surface area contributed by atoms with Crippen LogP contribution in [0.3, 0.4) is 0 Å². The molecule has 0 aliphatic rings. The topological polar surface area (TPSA) is 155 Å². The molecule has 0 bridgehead atoms. The molecular weight excluding hydrogens is 218 g/mol. The van der Waals surface area contributed by atoms with E-state index in [9.17, 15) is 19.8 Å². The van der Waals surface area contributed by atoms with Crippen molar-refractivity contribution in [1.29, 1.82) is 0 Å². The van der Waals surface area contributed by atoms with Gasteiger partial charge in [0.15, 0.2) is 0 Å². The number of hydrogen-bond acceptors (Lipinski definition) is 5. The number of nitrogens with zero attached hydrogens (tertiary/aromatic N) is 3. The van der Waals surface area contributed by atoms with Gasteiger partial charge in [0.1, 0.15) is 6.10 Å². The Labute approximate surface area is 88.0 Å². The number of azide groups is 1. The van der Waals surface area contributed by atoms with Gasteiger partial charge in [0.05, 0.1) is 18.2 Å². The number of aliphatic hydroxyl groups is 2. The highest BCUT2D eigenvalue weighted by Crippen LogP contribution is 2.11.